The summed E-state index contributed by atoms with van der Waals surface area (Å²) in [6.07, 6.45) is -0.125. The lowest BCUT2D eigenvalue weighted by Gasteiger charge is -2.22. The van der Waals surface area contributed by atoms with E-state index in [1.807, 2.05) is 0 Å². The summed E-state index contributed by atoms with van der Waals surface area (Å²) < 4.78 is 4.93. The molecule has 11 heteroatoms. The standard InChI is InChI=1S/C24H19N3O7S/c1-2-34-18(28)12-16-13-35-24(25-16)26-20(15-9-6-10-17(11-15)27(32)33)19(22(30)23(26)31)21(29)14-7-4-3-5-8-14/h3-11,13,20,29H,2,12H2,1H3/t20-/m1/s1. The molecule has 3 aromatic rings. The Morgan fingerprint density at radius 2 is 1.94 bits per heavy atom. The SMILES string of the molecule is CCOC(=O)Cc1csc(N2C(=O)C(=O)C(=C(O)c3ccccc3)[C@H]2c2cccc([N+](=O)[O-])c2)n1. The van der Waals surface area contributed by atoms with E-state index in [0.717, 1.165) is 16.2 Å². The third-order valence-electron chi connectivity index (χ3n) is 5.26. The zero-order chi connectivity index (χ0) is 25.1. The van der Waals surface area contributed by atoms with Crippen molar-refractivity contribution in [3.05, 3.63) is 92.5 Å². The van der Waals surface area contributed by atoms with Crippen LogP contribution in [-0.4, -0.2) is 39.3 Å². The number of rotatable bonds is 7. The van der Waals surface area contributed by atoms with Crippen molar-refractivity contribution in [2.24, 2.45) is 0 Å². The number of esters is 1. The van der Waals surface area contributed by atoms with Gasteiger partial charge in [-0.2, -0.15) is 0 Å². The molecule has 178 valence electrons. The third-order valence-corrected chi connectivity index (χ3v) is 6.15. The monoisotopic (exact) mass is 493 g/mol. The van der Waals surface area contributed by atoms with Crippen LogP contribution >= 0.6 is 11.3 Å². The molecular weight excluding hydrogens is 474 g/mol. The van der Waals surface area contributed by atoms with Gasteiger partial charge in [0.25, 0.3) is 11.5 Å². The Bertz CT molecular complexity index is 1350. The molecule has 0 spiro atoms. The summed E-state index contributed by atoms with van der Waals surface area (Å²) in [7, 11) is 0. The van der Waals surface area contributed by atoms with Gasteiger partial charge in [0, 0.05) is 23.1 Å². The van der Waals surface area contributed by atoms with Crippen LogP contribution in [0.3, 0.4) is 0 Å². The molecule has 4 rings (SSSR count). The summed E-state index contributed by atoms with van der Waals surface area (Å²) >= 11 is 1.03. The average molecular weight is 493 g/mol. The average Bonchev–Trinajstić information content (AvgIpc) is 3.41. The van der Waals surface area contributed by atoms with Gasteiger partial charge >= 0.3 is 11.9 Å². The van der Waals surface area contributed by atoms with Gasteiger partial charge in [0.1, 0.15) is 5.76 Å². The predicted molar refractivity (Wildman–Crippen MR) is 127 cm³/mol. The Labute approximate surface area is 203 Å². The van der Waals surface area contributed by atoms with Crippen LogP contribution in [0, 0.1) is 10.1 Å². The van der Waals surface area contributed by atoms with Gasteiger partial charge in [-0.1, -0.05) is 42.5 Å². The predicted octanol–water partition coefficient (Wildman–Crippen LogP) is 3.78. The Balaban J connectivity index is 1.86. The Morgan fingerprint density at radius 3 is 2.63 bits per heavy atom. The Hall–Kier alpha value is -4.38. The number of ketones is 1. The number of Topliss-reactive ketones (excluding diaryl/α,β-unsaturated/α-hetero) is 1. The number of anilines is 1. The molecule has 1 aliphatic heterocycles. The number of aromatic nitrogens is 1. The van der Waals surface area contributed by atoms with Crippen molar-refractivity contribution in [1.29, 1.82) is 0 Å². The van der Waals surface area contributed by atoms with Gasteiger partial charge in [-0.05, 0) is 12.5 Å². The van der Waals surface area contributed by atoms with Crippen molar-refractivity contribution >= 4 is 45.6 Å². The first kappa shape index (κ1) is 23.8. The minimum absolute atomic E-state index is 0.106. The molecule has 0 bridgehead atoms. The van der Waals surface area contributed by atoms with Crippen molar-refractivity contribution in [3.8, 4) is 0 Å². The number of hydrogen-bond donors (Lipinski definition) is 1. The highest BCUT2D eigenvalue weighted by Gasteiger charge is 2.48. The first-order valence-corrected chi connectivity index (χ1v) is 11.4. The number of aliphatic hydroxyl groups is 1. The Kier molecular flexibility index (Phi) is 6.69. The number of non-ortho nitro benzene ring substituents is 1. The highest BCUT2D eigenvalue weighted by atomic mass is 32.1. The zero-order valence-electron chi connectivity index (χ0n) is 18.4. The first-order chi connectivity index (χ1) is 16.8. The van der Waals surface area contributed by atoms with E-state index in [0.29, 0.717) is 11.3 Å². The van der Waals surface area contributed by atoms with Crippen molar-refractivity contribution in [2.45, 2.75) is 19.4 Å². The van der Waals surface area contributed by atoms with E-state index in [2.05, 4.69) is 4.98 Å². The quantitative estimate of drug-likeness (QED) is 0.131. The second-order valence-corrected chi connectivity index (χ2v) is 8.33. The van der Waals surface area contributed by atoms with E-state index in [1.165, 1.54) is 24.3 Å². The topological polar surface area (TPSA) is 140 Å². The maximum absolute atomic E-state index is 13.2. The van der Waals surface area contributed by atoms with Crippen LogP contribution < -0.4 is 4.90 Å². The highest BCUT2D eigenvalue weighted by molar-refractivity contribution is 7.14. The number of nitro benzene ring substituents is 1. The smallest absolute Gasteiger partial charge is 0.311 e. The number of thiazole rings is 1. The third kappa shape index (κ3) is 4.66. The second-order valence-electron chi connectivity index (χ2n) is 7.49. The van der Waals surface area contributed by atoms with Gasteiger partial charge in [-0.25, -0.2) is 4.98 Å². The van der Waals surface area contributed by atoms with Crippen molar-refractivity contribution in [1.82, 2.24) is 4.98 Å². The number of carbonyl (C=O) groups excluding carboxylic acids is 3. The van der Waals surface area contributed by atoms with Gasteiger partial charge < -0.3 is 9.84 Å². The molecule has 1 fully saturated rings. The number of carbonyl (C=O) groups is 3. The summed E-state index contributed by atoms with van der Waals surface area (Å²) in [4.78, 5) is 54.4. The molecule has 2 aromatic carbocycles. The van der Waals surface area contributed by atoms with Gasteiger partial charge in [0.05, 0.1) is 35.3 Å². The maximum Gasteiger partial charge on any atom is 0.311 e. The van der Waals surface area contributed by atoms with E-state index < -0.39 is 34.4 Å². The minimum atomic E-state index is -1.17. The summed E-state index contributed by atoms with van der Waals surface area (Å²) in [5.41, 5.74) is 0.436. The molecule has 1 saturated heterocycles. The normalized spacial score (nSPS) is 16.9. The molecule has 1 N–H and O–H groups in total. The molecule has 0 unspecified atom stereocenters. The Morgan fingerprint density at radius 1 is 1.20 bits per heavy atom. The number of aliphatic hydroxyl groups excluding tert-OH is 1. The summed E-state index contributed by atoms with van der Waals surface area (Å²) in [6, 6.07) is 12.5. The largest absolute Gasteiger partial charge is 0.507 e. The van der Waals surface area contributed by atoms with Gasteiger partial charge in [0.2, 0.25) is 0 Å². The van der Waals surface area contributed by atoms with Crippen LogP contribution in [0.15, 0.2) is 65.6 Å². The van der Waals surface area contributed by atoms with Crippen LogP contribution in [0.1, 0.15) is 29.8 Å². The maximum atomic E-state index is 13.2. The molecule has 1 aliphatic rings. The number of ether oxygens (including phenoxy) is 1. The molecule has 0 aliphatic carbocycles. The van der Waals surface area contributed by atoms with E-state index in [-0.39, 0.29) is 35.0 Å². The number of nitrogens with zero attached hydrogens (tertiary/aromatic N) is 3. The lowest BCUT2D eigenvalue weighted by molar-refractivity contribution is -0.384. The number of hydrogen-bond acceptors (Lipinski definition) is 9. The molecule has 1 amide bonds. The fourth-order valence-corrected chi connectivity index (χ4v) is 4.60. The fraction of sp³-hybridized carbons (Fsp3) is 0.167. The molecule has 1 atom stereocenters. The van der Waals surface area contributed by atoms with Gasteiger partial charge in [-0.3, -0.25) is 29.4 Å². The molecular formula is C24H19N3O7S. The summed E-state index contributed by atoms with van der Waals surface area (Å²) in [6.45, 7) is 1.88. The highest BCUT2D eigenvalue weighted by Crippen LogP contribution is 2.43. The molecule has 1 aromatic heterocycles. The fourth-order valence-electron chi connectivity index (χ4n) is 3.75. The minimum Gasteiger partial charge on any atom is -0.507 e. The van der Waals surface area contributed by atoms with E-state index in [4.69, 9.17) is 4.74 Å². The number of nitro groups is 1. The van der Waals surface area contributed by atoms with Crippen LogP contribution in [0.2, 0.25) is 0 Å². The molecule has 0 radical (unpaired) electrons. The van der Waals surface area contributed by atoms with Crippen molar-refractivity contribution < 1.29 is 29.2 Å². The van der Waals surface area contributed by atoms with E-state index in [9.17, 15) is 29.6 Å². The first-order valence-electron chi connectivity index (χ1n) is 10.5. The molecule has 10 nitrogen and oxygen atoms in total. The number of amides is 1. The van der Waals surface area contributed by atoms with Crippen LogP contribution in [0.4, 0.5) is 10.8 Å². The lowest BCUT2D eigenvalue weighted by atomic mass is 9.95. The zero-order valence-corrected chi connectivity index (χ0v) is 19.2. The van der Waals surface area contributed by atoms with Gasteiger partial charge in [0.15, 0.2) is 5.13 Å². The molecule has 2 heterocycles. The summed E-state index contributed by atoms with van der Waals surface area (Å²) in [5.74, 6) is -2.81. The van der Waals surface area contributed by atoms with Crippen molar-refractivity contribution in [3.63, 3.8) is 0 Å². The summed E-state index contributed by atoms with van der Waals surface area (Å²) in [5, 5.41) is 24.1. The number of benzene rings is 2. The second kappa shape index (κ2) is 9.85. The molecule has 35 heavy (non-hydrogen) atoms. The van der Waals surface area contributed by atoms with Crippen LogP contribution in [0.5, 0.6) is 0 Å². The molecule has 0 saturated carbocycles. The van der Waals surface area contributed by atoms with Crippen LogP contribution in [0.25, 0.3) is 5.76 Å². The lowest BCUT2D eigenvalue weighted by Crippen LogP contribution is -2.29. The van der Waals surface area contributed by atoms with Crippen molar-refractivity contribution in [2.75, 3.05) is 11.5 Å². The van der Waals surface area contributed by atoms with E-state index in [1.54, 1.807) is 42.6 Å². The van der Waals surface area contributed by atoms with Crippen LogP contribution in [-0.2, 0) is 25.5 Å². The van der Waals surface area contributed by atoms with Gasteiger partial charge in [-0.15, -0.1) is 11.3 Å². The van der Waals surface area contributed by atoms with E-state index >= 15 is 0 Å².